The molecule has 1 amide bonds. The number of aliphatic hydroxyl groups excluding tert-OH is 1. The molecule has 0 aliphatic heterocycles. The van der Waals surface area contributed by atoms with Crippen molar-refractivity contribution in [3.63, 3.8) is 0 Å². The molecule has 0 atom stereocenters. The van der Waals surface area contributed by atoms with Crippen molar-refractivity contribution in [2.24, 2.45) is 0 Å². The lowest BCUT2D eigenvalue weighted by atomic mass is 10.1. The molecule has 4 nitrogen and oxygen atoms in total. The van der Waals surface area contributed by atoms with E-state index in [1.54, 1.807) is 0 Å². The Balaban J connectivity index is 1.73. The lowest BCUT2D eigenvalue weighted by Gasteiger charge is -2.11. The number of ether oxygens (including phenoxy) is 1. The quantitative estimate of drug-likeness (QED) is 0.704. The summed E-state index contributed by atoms with van der Waals surface area (Å²) in [5, 5.41) is 12.1. The molecule has 0 saturated carbocycles. The first kappa shape index (κ1) is 19.0. The van der Waals surface area contributed by atoms with Gasteiger partial charge in [0, 0.05) is 12.1 Å². The Morgan fingerprint density at radius 2 is 1.80 bits per heavy atom. The first-order valence-corrected chi connectivity index (χ1v) is 8.70. The topological polar surface area (TPSA) is 58.6 Å². The number of hydrogen-bond donors (Lipinski definition) is 2. The fraction of sp³-hybridized carbons (Fsp3) is 0.381. The van der Waals surface area contributed by atoms with E-state index < -0.39 is 0 Å². The number of unbranched alkanes of at least 4 members (excludes halogenated alkanes) is 1. The van der Waals surface area contributed by atoms with Crippen molar-refractivity contribution in [3.05, 3.63) is 58.7 Å². The molecule has 0 bridgehead atoms. The van der Waals surface area contributed by atoms with Gasteiger partial charge in [-0.05, 0) is 68.0 Å². The standard InChI is InChI=1S/C21H27NO3/c1-15-7-8-17(3)20(12-15)25-11-5-4-6-21(24)22-19-13-18(14-23)10-9-16(19)2/h7-10,12-13,23H,4-6,11,14H2,1-3H3,(H,22,24). The van der Waals surface area contributed by atoms with E-state index in [2.05, 4.69) is 17.4 Å². The number of amides is 1. The maximum Gasteiger partial charge on any atom is 0.224 e. The van der Waals surface area contributed by atoms with Crippen molar-refractivity contribution in [1.29, 1.82) is 0 Å². The Bertz CT molecular complexity index is 725. The number of aliphatic hydroxyl groups is 1. The van der Waals surface area contributed by atoms with E-state index in [1.165, 1.54) is 5.56 Å². The predicted octanol–water partition coefficient (Wildman–Crippen LogP) is 4.29. The van der Waals surface area contributed by atoms with Crippen LogP contribution in [0.5, 0.6) is 5.75 Å². The van der Waals surface area contributed by atoms with E-state index in [0.29, 0.717) is 13.0 Å². The second-order valence-electron chi connectivity index (χ2n) is 6.43. The largest absolute Gasteiger partial charge is 0.493 e. The SMILES string of the molecule is Cc1ccc(C)c(OCCCCC(=O)Nc2cc(CO)ccc2C)c1. The fourth-order valence-corrected chi connectivity index (χ4v) is 2.55. The summed E-state index contributed by atoms with van der Waals surface area (Å²) in [4.78, 5) is 12.1. The highest BCUT2D eigenvalue weighted by atomic mass is 16.5. The van der Waals surface area contributed by atoms with Gasteiger partial charge in [-0.3, -0.25) is 4.79 Å². The van der Waals surface area contributed by atoms with Gasteiger partial charge in [0.15, 0.2) is 0 Å². The molecule has 0 aromatic heterocycles. The van der Waals surface area contributed by atoms with Crippen molar-refractivity contribution < 1.29 is 14.6 Å². The van der Waals surface area contributed by atoms with Crippen molar-refractivity contribution in [2.45, 2.75) is 46.6 Å². The second kappa shape index (κ2) is 9.23. The Morgan fingerprint density at radius 1 is 1.04 bits per heavy atom. The van der Waals surface area contributed by atoms with Crippen LogP contribution in [-0.4, -0.2) is 17.6 Å². The minimum Gasteiger partial charge on any atom is -0.493 e. The number of carbonyl (C=O) groups excluding carboxylic acids is 1. The summed E-state index contributed by atoms with van der Waals surface area (Å²) < 4.78 is 5.81. The Hall–Kier alpha value is -2.33. The Morgan fingerprint density at radius 3 is 2.56 bits per heavy atom. The van der Waals surface area contributed by atoms with Gasteiger partial charge in [-0.1, -0.05) is 24.3 Å². The van der Waals surface area contributed by atoms with Crippen LogP contribution in [0.25, 0.3) is 0 Å². The molecule has 0 aliphatic rings. The first-order valence-electron chi connectivity index (χ1n) is 8.70. The van der Waals surface area contributed by atoms with Gasteiger partial charge in [0.05, 0.1) is 13.2 Å². The zero-order chi connectivity index (χ0) is 18.2. The number of carbonyl (C=O) groups is 1. The smallest absolute Gasteiger partial charge is 0.224 e. The van der Waals surface area contributed by atoms with Crippen LogP contribution in [0, 0.1) is 20.8 Å². The summed E-state index contributed by atoms with van der Waals surface area (Å²) in [6.45, 7) is 6.60. The Kier molecular flexibility index (Phi) is 7.02. The zero-order valence-electron chi connectivity index (χ0n) is 15.3. The molecule has 2 aromatic carbocycles. The minimum absolute atomic E-state index is 0.00933. The van der Waals surface area contributed by atoms with Crippen LogP contribution in [0.15, 0.2) is 36.4 Å². The van der Waals surface area contributed by atoms with Crippen LogP contribution in [0.4, 0.5) is 5.69 Å². The summed E-state index contributed by atoms with van der Waals surface area (Å²) in [5.74, 6) is 0.908. The van der Waals surface area contributed by atoms with E-state index in [4.69, 9.17) is 4.74 Å². The third kappa shape index (κ3) is 5.91. The minimum atomic E-state index is -0.0289. The highest BCUT2D eigenvalue weighted by Gasteiger charge is 2.06. The molecule has 0 spiro atoms. The lowest BCUT2D eigenvalue weighted by molar-refractivity contribution is -0.116. The van der Waals surface area contributed by atoms with Crippen molar-refractivity contribution in [3.8, 4) is 5.75 Å². The first-order chi connectivity index (χ1) is 12.0. The summed E-state index contributed by atoms with van der Waals surface area (Å²) in [5.41, 5.74) is 4.86. The number of rotatable bonds is 8. The van der Waals surface area contributed by atoms with Gasteiger partial charge in [0.25, 0.3) is 0 Å². The van der Waals surface area contributed by atoms with E-state index in [9.17, 15) is 9.90 Å². The maximum absolute atomic E-state index is 12.1. The van der Waals surface area contributed by atoms with Crippen LogP contribution in [0.1, 0.15) is 41.5 Å². The van der Waals surface area contributed by atoms with Crippen molar-refractivity contribution in [1.82, 2.24) is 0 Å². The number of anilines is 1. The van der Waals surface area contributed by atoms with E-state index in [-0.39, 0.29) is 12.5 Å². The Labute approximate surface area is 149 Å². The third-order valence-corrected chi connectivity index (χ3v) is 4.16. The number of nitrogens with one attached hydrogen (secondary N) is 1. The average molecular weight is 341 g/mol. The van der Waals surface area contributed by atoms with Crippen LogP contribution >= 0.6 is 0 Å². The lowest BCUT2D eigenvalue weighted by Crippen LogP contribution is -2.13. The van der Waals surface area contributed by atoms with Crippen LogP contribution < -0.4 is 10.1 Å². The highest BCUT2D eigenvalue weighted by molar-refractivity contribution is 5.91. The number of benzene rings is 2. The molecule has 2 aromatic rings. The van der Waals surface area contributed by atoms with Gasteiger partial charge in [0.1, 0.15) is 5.75 Å². The fourth-order valence-electron chi connectivity index (χ4n) is 2.55. The molecule has 0 fully saturated rings. The van der Waals surface area contributed by atoms with Crippen LogP contribution in [-0.2, 0) is 11.4 Å². The molecule has 0 heterocycles. The molecule has 2 rings (SSSR count). The van der Waals surface area contributed by atoms with Gasteiger partial charge >= 0.3 is 0 Å². The maximum atomic E-state index is 12.1. The summed E-state index contributed by atoms with van der Waals surface area (Å²) in [6.07, 6.45) is 2.06. The zero-order valence-corrected chi connectivity index (χ0v) is 15.3. The molecule has 4 heteroatoms. The molecular formula is C21H27NO3. The summed E-state index contributed by atoms with van der Waals surface area (Å²) in [6, 6.07) is 11.7. The van der Waals surface area contributed by atoms with Gasteiger partial charge in [-0.2, -0.15) is 0 Å². The van der Waals surface area contributed by atoms with Crippen molar-refractivity contribution in [2.75, 3.05) is 11.9 Å². The molecule has 0 unspecified atom stereocenters. The highest BCUT2D eigenvalue weighted by Crippen LogP contribution is 2.20. The summed E-state index contributed by atoms with van der Waals surface area (Å²) >= 11 is 0. The molecule has 25 heavy (non-hydrogen) atoms. The number of aryl methyl sites for hydroxylation is 3. The van der Waals surface area contributed by atoms with E-state index in [0.717, 1.165) is 41.0 Å². The molecule has 0 aliphatic carbocycles. The van der Waals surface area contributed by atoms with Crippen molar-refractivity contribution >= 4 is 11.6 Å². The molecule has 0 radical (unpaired) electrons. The van der Waals surface area contributed by atoms with Crippen LogP contribution in [0.2, 0.25) is 0 Å². The van der Waals surface area contributed by atoms with Crippen LogP contribution in [0.3, 0.4) is 0 Å². The van der Waals surface area contributed by atoms with Gasteiger partial charge in [0.2, 0.25) is 5.91 Å². The average Bonchev–Trinajstić information content (AvgIpc) is 2.59. The molecular weight excluding hydrogens is 314 g/mol. The normalized spacial score (nSPS) is 10.6. The summed E-state index contributed by atoms with van der Waals surface area (Å²) in [7, 11) is 0. The number of hydrogen-bond acceptors (Lipinski definition) is 3. The van der Waals surface area contributed by atoms with E-state index >= 15 is 0 Å². The van der Waals surface area contributed by atoms with Gasteiger partial charge in [-0.15, -0.1) is 0 Å². The molecule has 2 N–H and O–H groups in total. The molecule has 134 valence electrons. The second-order valence-corrected chi connectivity index (χ2v) is 6.43. The van der Waals surface area contributed by atoms with Gasteiger partial charge in [-0.25, -0.2) is 0 Å². The van der Waals surface area contributed by atoms with E-state index in [1.807, 2.05) is 45.0 Å². The van der Waals surface area contributed by atoms with Gasteiger partial charge < -0.3 is 15.2 Å². The third-order valence-electron chi connectivity index (χ3n) is 4.16. The molecule has 0 saturated heterocycles. The predicted molar refractivity (Wildman–Crippen MR) is 101 cm³/mol. The monoisotopic (exact) mass is 341 g/mol.